The number of carbonyl (C=O) groups is 1. The number of phenolic OH excluding ortho intramolecular Hbond substituents is 1. The maximum absolute atomic E-state index is 11.2. The molecule has 0 radical (unpaired) electrons. The first kappa shape index (κ1) is 15.9. The highest BCUT2D eigenvalue weighted by Gasteiger charge is 2.08. The number of hydrogen-bond donors (Lipinski definition) is 1. The van der Waals surface area contributed by atoms with Crippen LogP contribution in [0.4, 0.5) is 0 Å². The van der Waals surface area contributed by atoms with Crippen LogP contribution in [0.3, 0.4) is 0 Å². The minimum absolute atomic E-state index is 0. The van der Waals surface area contributed by atoms with Crippen LogP contribution in [0.5, 0.6) is 5.75 Å². The van der Waals surface area contributed by atoms with Crippen LogP contribution in [-0.4, -0.2) is 28.9 Å². The largest absolute Gasteiger partial charge is 1.00 e. The van der Waals surface area contributed by atoms with Crippen LogP contribution < -0.4 is 12.4 Å². The average molecular weight is 257 g/mol. The maximum Gasteiger partial charge on any atom is 0.159 e. The molecule has 0 heterocycles. The predicted molar refractivity (Wildman–Crippen MR) is 64.7 cm³/mol. The van der Waals surface area contributed by atoms with E-state index in [0.29, 0.717) is 12.1 Å². The first-order valence-electron chi connectivity index (χ1n) is 5.63. The van der Waals surface area contributed by atoms with Crippen LogP contribution in [0.1, 0.15) is 36.7 Å². The Balaban J connectivity index is 0.00000256. The smallest absolute Gasteiger partial charge is 0.159 e. The lowest BCUT2D eigenvalue weighted by Crippen LogP contribution is -3.00. The first-order valence-corrected chi connectivity index (χ1v) is 5.63. The van der Waals surface area contributed by atoms with E-state index in [9.17, 15) is 9.90 Å². The molecule has 0 saturated heterocycles. The molecule has 1 aromatic rings. The topological polar surface area (TPSA) is 40.5 Å². The highest BCUT2D eigenvalue weighted by molar-refractivity contribution is 5.94. The van der Waals surface area contributed by atoms with Crippen molar-refractivity contribution in [3.8, 4) is 5.75 Å². The molecule has 0 aliphatic heterocycles. The van der Waals surface area contributed by atoms with Gasteiger partial charge in [-0.15, -0.1) is 0 Å². The van der Waals surface area contributed by atoms with Gasteiger partial charge in [0.25, 0.3) is 0 Å². The molecule has 0 fully saturated rings. The zero-order valence-electron chi connectivity index (χ0n) is 10.5. The van der Waals surface area contributed by atoms with Gasteiger partial charge in [-0.25, -0.2) is 0 Å². The third-order valence-electron chi connectivity index (χ3n) is 2.77. The minimum atomic E-state index is 0. The molecule has 0 bridgehead atoms. The molecule has 17 heavy (non-hydrogen) atoms. The quantitative estimate of drug-likeness (QED) is 0.718. The zero-order valence-corrected chi connectivity index (χ0v) is 11.3. The van der Waals surface area contributed by atoms with E-state index in [1.165, 1.54) is 6.92 Å². The van der Waals surface area contributed by atoms with Crippen LogP contribution in [0.15, 0.2) is 18.2 Å². The van der Waals surface area contributed by atoms with Crippen LogP contribution in [0, 0.1) is 0 Å². The van der Waals surface area contributed by atoms with Gasteiger partial charge in [-0.1, -0.05) is 13.8 Å². The summed E-state index contributed by atoms with van der Waals surface area (Å²) < 4.78 is 0. The molecular weight excluding hydrogens is 238 g/mol. The van der Waals surface area contributed by atoms with Gasteiger partial charge in [0, 0.05) is 17.7 Å². The Morgan fingerprint density at radius 2 is 1.88 bits per heavy atom. The molecule has 1 rings (SSSR count). The van der Waals surface area contributed by atoms with Crippen molar-refractivity contribution >= 4 is 5.78 Å². The summed E-state index contributed by atoms with van der Waals surface area (Å²) in [5, 5.41) is 9.72. The molecule has 0 unspecified atom stereocenters. The summed E-state index contributed by atoms with van der Waals surface area (Å²) in [4.78, 5) is 13.4. The lowest BCUT2D eigenvalue weighted by molar-refractivity contribution is -0.0000125. The molecule has 0 aliphatic rings. The number of aromatic hydroxyl groups is 1. The number of carbonyl (C=O) groups excluding carboxylic acids is 1. The van der Waals surface area contributed by atoms with Crippen LogP contribution in [-0.2, 0) is 6.54 Å². The zero-order chi connectivity index (χ0) is 12.1. The summed E-state index contributed by atoms with van der Waals surface area (Å²) in [5.41, 5.74) is 1.47. The van der Waals surface area contributed by atoms with Gasteiger partial charge in [-0.3, -0.25) is 9.69 Å². The Kier molecular flexibility index (Phi) is 6.85. The van der Waals surface area contributed by atoms with Gasteiger partial charge in [-0.2, -0.15) is 0 Å². The van der Waals surface area contributed by atoms with Crippen molar-refractivity contribution in [2.24, 2.45) is 0 Å². The molecule has 0 aromatic heterocycles. The molecule has 1 N–H and O–H groups in total. The van der Waals surface area contributed by atoms with E-state index >= 15 is 0 Å². The Morgan fingerprint density at radius 1 is 1.29 bits per heavy atom. The number of phenols is 1. The van der Waals surface area contributed by atoms with Crippen molar-refractivity contribution in [1.82, 2.24) is 4.90 Å². The number of nitrogens with zero attached hydrogens (tertiary/aromatic N) is 1. The van der Waals surface area contributed by atoms with Gasteiger partial charge in [0.2, 0.25) is 0 Å². The van der Waals surface area contributed by atoms with Gasteiger partial charge in [0.05, 0.1) is 0 Å². The van der Waals surface area contributed by atoms with Gasteiger partial charge < -0.3 is 17.5 Å². The molecule has 0 spiro atoms. The van der Waals surface area contributed by atoms with Crippen molar-refractivity contribution < 1.29 is 22.3 Å². The summed E-state index contributed by atoms with van der Waals surface area (Å²) in [6.45, 7) is 8.23. The molecule has 1 aromatic carbocycles. The minimum Gasteiger partial charge on any atom is -1.00 e. The van der Waals surface area contributed by atoms with Crippen LogP contribution in [0.25, 0.3) is 0 Å². The van der Waals surface area contributed by atoms with Gasteiger partial charge in [-0.05, 0) is 38.2 Å². The first-order chi connectivity index (χ1) is 7.58. The van der Waals surface area contributed by atoms with Gasteiger partial charge in [0.15, 0.2) is 5.78 Å². The third kappa shape index (κ3) is 4.36. The van der Waals surface area contributed by atoms with Crippen LogP contribution in [0.2, 0.25) is 0 Å². The van der Waals surface area contributed by atoms with Crippen molar-refractivity contribution in [2.45, 2.75) is 27.3 Å². The number of halogens is 1. The molecule has 0 aliphatic carbocycles. The SMILES string of the molecule is CCN(CC)Cc1cc(C(C)=O)ccc1O.[Cl-]. The summed E-state index contributed by atoms with van der Waals surface area (Å²) in [5.74, 6) is 0.290. The molecular formula is C13H19ClNO2-. The third-order valence-corrected chi connectivity index (χ3v) is 2.77. The van der Waals surface area contributed by atoms with Crippen molar-refractivity contribution in [2.75, 3.05) is 13.1 Å². The number of Topliss-reactive ketones (excluding diaryl/α,β-unsaturated/α-hetero) is 1. The summed E-state index contributed by atoms with van der Waals surface area (Å²) in [6, 6.07) is 5.02. The predicted octanol–water partition coefficient (Wildman–Crippen LogP) is -0.559. The van der Waals surface area contributed by atoms with Crippen molar-refractivity contribution in [3.05, 3.63) is 29.3 Å². The lowest BCUT2D eigenvalue weighted by atomic mass is 10.1. The fourth-order valence-corrected chi connectivity index (χ4v) is 1.62. The summed E-state index contributed by atoms with van der Waals surface area (Å²) in [6.07, 6.45) is 0. The van der Waals surface area contributed by atoms with E-state index in [1.54, 1.807) is 18.2 Å². The normalized spacial score (nSPS) is 10.1. The highest BCUT2D eigenvalue weighted by atomic mass is 35.5. The lowest BCUT2D eigenvalue weighted by Gasteiger charge is -2.18. The molecule has 4 heteroatoms. The summed E-state index contributed by atoms with van der Waals surface area (Å²) in [7, 11) is 0. The second-order valence-electron chi connectivity index (χ2n) is 3.86. The second-order valence-corrected chi connectivity index (χ2v) is 3.86. The average Bonchev–Trinajstić information content (AvgIpc) is 2.27. The number of rotatable bonds is 5. The van der Waals surface area contributed by atoms with E-state index in [4.69, 9.17) is 0 Å². The molecule has 0 atom stereocenters. The number of ketones is 1. The standard InChI is InChI=1S/C13H19NO2.ClH/c1-4-14(5-2)9-12-8-11(10(3)15)6-7-13(12)16;/h6-8,16H,4-5,9H2,1-3H3;1H/p-1. The van der Waals surface area contributed by atoms with E-state index in [1.807, 2.05) is 0 Å². The van der Waals surface area contributed by atoms with Gasteiger partial charge >= 0.3 is 0 Å². The molecule has 96 valence electrons. The maximum atomic E-state index is 11.2. The Bertz CT molecular complexity index is 376. The highest BCUT2D eigenvalue weighted by Crippen LogP contribution is 2.20. The van der Waals surface area contributed by atoms with Gasteiger partial charge in [0.1, 0.15) is 5.75 Å². The van der Waals surface area contributed by atoms with Crippen LogP contribution >= 0.6 is 0 Å². The van der Waals surface area contributed by atoms with E-state index < -0.39 is 0 Å². The Labute approximate surface area is 109 Å². The number of hydrogen-bond acceptors (Lipinski definition) is 3. The summed E-state index contributed by atoms with van der Waals surface area (Å²) >= 11 is 0. The van der Waals surface area contributed by atoms with Crippen molar-refractivity contribution in [3.63, 3.8) is 0 Å². The molecule has 3 nitrogen and oxygen atoms in total. The Hall–Kier alpha value is -1.06. The fourth-order valence-electron chi connectivity index (χ4n) is 1.62. The van der Waals surface area contributed by atoms with E-state index in [2.05, 4.69) is 18.7 Å². The van der Waals surface area contributed by atoms with E-state index in [-0.39, 0.29) is 23.9 Å². The molecule has 0 saturated carbocycles. The number of benzene rings is 1. The van der Waals surface area contributed by atoms with E-state index in [0.717, 1.165) is 18.7 Å². The monoisotopic (exact) mass is 256 g/mol. The molecule has 0 amide bonds. The Morgan fingerprint density at radius 3 is 2.35 bits per heavy atom. The fraction of sp³-hybridized carbons (Fsp3) is 0.462. The second kappa shape index (κ2) is 7.30. The van der Waals surface area contributed by atoms with Crippen molar-refractivity contribution in [1.29, 1.82) is 0 Å².